The van der Waals surface area contributed by atoms with Crippen molar-refractivity contribution in [2.24, 2.45) is 5.14 Å². The van der Waals surface area contributed by atoms with Crippen LogP contribution in [0.15, 0.2) is 47.4 Å². The second-order valence-corrected chi connectivity index (χ2v) is 6.65. The molecule has 0 saturated carbocycles. The Morgan fingerprint density at radius 1 is 1.14 bits per heavy atom. The van der Waals surface area contributed by atoms with E-state index in [1.54, 1.807) is 0 Å². The normalized spacial score (nSPS) is 11.0. The summed E-state index contributed by atoms with van der Waals surface area (Å²) in [5, 5.41) is 11.1. The summed E-state index contributed by atoms with van der Waals surface area (Å²) in [7, 11) is -3.74. The molecule has 0 aromatic heterocycles. The lowest BCUT2D eigenvalue weighted by Crippen LogP contribution is -2.19. The zero-order valence-corrected chi connectivity index (χ0v) is 13.4. The van der Waals surface area contributed by atoms with Gasteiger partial charge in [-0.1, -0.05) is 11.6 Å². The number of nitrogens with one attached hydrogen (secondary N) is 2. The highest BCUT2D eigenvalue weighted by Gasteiger charge is 2.08. The molecular formula is C13H11ClFN3O2S2. The minimum Gasteiger partial charge on any atom is -0.332 e. The van der Waals surface area contributed by atoms with Gasteiger partial charge < -0.3 is 10.6 Å². The van der Waals surface area contributed by atoms with Crippen LogP contribution in [0.5, 0.6) is 0 Å². The first-order valence-electron chi connectivity index (χ1n) is 5.91. The maximum absolute atomic E-state index is 12.9. The molecule has 0 radical (unpaired) electrons. The van der Waals surface area contributed by atoms with Crippen LogP contribution in [0.25, 0.3) is 0 Å². The maximum atomic E-state index is 12.9. The third-order valence-corrected chi connectivity index (χ3v) is 4.07. The van der Waals surface area contributed by atoms with Gasteiger partial charge in [-0.15, -0.1) is 0 Å². The van der Waals surface area contributed by atoms with Gasteiger partial charge in [0.2, 0.25) is 10.0 Å². The van der Waals surface area contributed by atoms with E-state index in [1.165, 1.54) is 36.4 Å². The molecule has 0 spiro atoms. The van der Waals surface area contributed by atoms with Gasteiger partial charge in [-0.2, -0.15) is 0 Å². The molecule has 2 rings (SSSR count). The summed E-state index contributed by atoms with van der Waals surface area (Å²) < 4.78 is 35.2. The number of benzene rings is 2. The zero-order chi connectivity index (χ0) is 16.3. The second kappa shape index (κ2) is 6.57. The lowest BCUT2D eigenvalue weighted by atomic mass is 10.3. The van der Waals surface area contributed by atoms with Crippen LogP contribution in [0.3, 0.4) is 0 Å². The van der Waals surface area contributed by atoms with Gasteiger partial charge in [0.05, 0.1) is 15.6 Å². The number of rotatable bonds is 3. The largest absolute Gasteiger partial charge is 0.332 e. The van der Waals surface area contributed by atoms with Crippen molar-refractivity contribution in [2.75, 3.05) is 10.6 Å². The van der Waals surface area contributed by atoms with Gasteiger partial charge in [0.1, 0.15) is 5.82 Å². The molecule has 5 nitrogen and oxygen atoms in total. The Hall–Kier alpha value is -1.74. The Labute approximate surface area is 137 Å². The van der Waals surface area contributed by atoms with Gasteiger partial charge >= 0.3 is 0 Å². The Bertz CT molecular complexity index is 811. The fourth-order valence-electron chi connectivity index (χ4n) is 1.60. The number of halogens is 2. The molecule has 116 valence electrons. The van der Waals surface area contributed by atoms with E-state index in [-0.39, 0.29) is 15.0 Å². The van der Waals surface area contributed by atoms with Crippen molar-refractivity contribution in [2.45, 2.75) is 4.90 Å². The van der Waals surface area contributed by atoms with Gasteiger partial charge in [0, 0.05) is 5.69 Å². The van der Waals surface area contributed by atoms with E-state index >= 15 is 0 Å². The van der Waals surface area contributed by atoms with Crippen LogP contribution in [-0.4, -0.2) is 13.5 Å². The lowest BCUT2D eigenvalue weighted by Gasteiger charge is -2.12. The minimum absolute atomic E-state index is 0.00138. The minimum atomic E-state index is -3.74. The van der Waals surface area contributed by atoms with E-state index in [4.69, 9.17) is 29.0 Å². The number of sulfonamides is 1. The number of hydrogen-bond acceptors (Lipinski definition) is 3. The molecule has 0 aliphatic carbocycles. The molecule has 2 aromatic carbocycles. The topological polar surface area (TPSA) is 84.2 Å². The van der Waals surface area contributed by atoms with Crippen molar-refractivity contribution in [3.8, 4) is 0 Å². The molecule has 22 heavy (non-hydrogen) atoms. The molecule has 4 N–H and O–H groups in total. The first kappa shape index (κ1) is 16.6. The molecule has 0 amide bonds. The van der Waals surface area contributed by atoms with E-state index in [9.17, 15) is 12.8 Å². The predicted octanol–water partition coefficient (Wildman–Crippen LogP) is 2.94. The van der Waals surface area contributed by atoms with Crippen LogP contribution in [0.4, 0.5) is 15.8 Å². The van der Waals surface area contributed by atoms with Crippen LogP contribution in [0.2, 0.25) is 5.02 Å². The van der Waals surface area contributed by atoms with Gasteiger partial charge in [-0.05, 0) is 54.7 Å². The van der Waals surface area contributed by atoms with E-state index in [1.807, 2.05) is 0 Å². The van der Waals surface area contributed by atoms with Crippen LogP contribution in [0.1, 0.15) is 0 Å². The maximum Gasteiger partial charge on any atom is 0.238 e. The first-order valence-corrected chi connectivity index (χ1v) is 8.25. The third-order valence-electron chi connectivity index (χ3n) is 2.62. The van der Waals surface area contributed by atoms with Crippen LogP contribution < -0.4 is 15.8 Å². The van der Waals surface area contributed by atoms with Crippen molar-refractivity contribution in [3.05, 3.63) is 53.3 Å². The summed E-state index contributed by atoms with van der Waals surface area (Å²) in [6.07, 6.45) is 0. The monoisotopic (exact) mass is 359 g/mol. The average molecular weight is 360 g/mol. The Kier molecular flexibility index (Phi) is 4.97. The molecule has 0 unspecified atom stereocenters. The number of nitrogens with two attached hydrogens (primary N) is 1. The molecule has 0 aliphatic heterocycles. The number of hydrogen-bond donors (Lipinski definition) is 3. The van der Waals surface area contributed by atoms with Gasteiger partial charge in [-0.25, -0.2) is 17.9 Å². The van der Waals surface area contributed by atoms with Crippen molar-refractivity contribution in [1.82, 2.24) is 0 Å². The van der Waals surface area contributed by atoms with Crippen LogP contribution >= 0.6 is 23.8 Å². The van der Waals surface area contributed by atoms with Crippen molar-refractivity contribution < 1.29 is 12.8 Å². The standard InChI is InChI=1S/C13H11ClFN3O2S2/c14-11-7-8(15)1-6-12(11)18-13(21)17-9-2-4-10(5-3-9)22(16,19)20/h1-7H,(H2,16,19,20)(H2,17,18,21). The molecular weight excluding hydrogens is 349 g/mol. The molecule has 2 aromatic rings. The van der Waals surface area contributed by atoms with Gasteiger partial charge in [0.25, 0.3) is 0 Å². The highest BCUT2D eigenvalue weighted by atomic mass is 35.5. The SMILES string of the molecule is NS(=O)(=O)c1ccc(NC(=S)Nc2ccc(F)cc2Cl)cc1. The summed E-state index contributed by atoms with van der Waals surface area (Å²) in [6, 6.07) is 9.59. The molecule has 0 atom stereocenters. The lowest BCUT2D eigenvalue weighted by molar-refractivity contribution is 0.598. The molecule has 9 heteroatoms. The van der Waals surface area contributed by atoms with E-state index in [2.05, 4.69) is 10.6 Å². The summed E-state index contributed by atoms with van der Waals surface area (Å²) in [5.74, 6) is -0.451. The van der Waals surface area contributed by atoms with Crippen LogP contribution in [-0.2, 0) is 10.0 Å². The fraction of sp³-hybridized carbons (Fsp3) is 0. The first-order chi connectivity index (χ1) is 10.3. The second-order valence-electron chi connectivity index (χ2n) is 4.27. The van der Waals surface area contributed by atoms with Crippen molar-refractivity contribution >= 4 is 50.3 Å². The Morgan fingerprint density at radius 3 is 2.32 bits per heavy atom. The molecule has 0 aliphatic rings. The predicted molar refractivity (Wildman–Crippen MR) is 89.1 cm³/mol. The van der Waals surface area contributed by atoms with Crippen LogP contribution in [0, 0.1) is 5.82 Å². The zero-order valence-electron chi connectivity index (χ0n) is 11.0. The van der Waals surface area contributed by atoms with Gasteiger partial charge in [0.15, 0.2) is 5.11 Å². The van der Waals surface area contributed by atoms with E-state index in [0.29, 0.717) is 11.4 Å². The molecule has 0 fully saturated rings. The molecule has 0 heterocycles. The highest BCUT2D eigenvalue weighted by Crippen LogP contribution is 2.22. The Morgan fingerprint density at radius 2 is 1.77 bits per heavy atom. The highest BCUT2D eigenvalue weighted by molar-refractivity contribution is 7.89. The average Bonchev–Trinajstić information content (AvgIpc) is 2.41. The van der Waals surface area contributed by atoms with Crippen molar-refractivity contribution in [3.63, 3.8) is 0 Å². The molecule has 0 saturated heterocycles. The fourth-order valence-corrected chi connectivity index (χ4v) is 2.56. The van der Waals surface area contributed by atoms with E-state index < -0.39 is 15.8 Å². The molecule has 0 bridgehead atoms. The summed E-state index contributed by atoms with van der Waals surface area (Å²) in [4.78, 5) is -0.00138. The smallest absolute Gasteiger partial charge is 0.238 e. The quantitative estimate of drug-likeness (QED) is 0.734. The number of primary sulfonamides is 1. The van der Waals surface area contributed by atoms with Crippen molar-refractivity contribution in [1.29, 1.82) is 0 Å². The summed E-state index contributed by atoms with van der Waals surface area (Å²) >= 11 is 11.0. The summed E-state index contributed by atoms with van der Waals surface area (Å²) in [6.45, 7) is 0. The summed E-state index contributed by atoms with van der Waals surface area (Å²) in [5.41, 5.74) is 1.00. The number of anilines is 2. The number of thiocarbonyl (C=S) groups is 1. The third kappa shape index (κ3) is 4.38. The van der Waals surface area contributed by atoms with E-state index in [0.717, 1.165) is 6.07 Å². The van der Waals surface area contributed by atoms with Gasteiger partial charge in [-0.3, -0.25) is 0 Å². The Balaban J connectivity index is 2.06.